The highest BCUT2D eigenvalue weighted by Gasteiger charge is 2.24. The van der Waals surface area contributed by atoms with E-state index in [1.54, 1.807) is 6.92 Å². The van der Waals surface area contributed by atoms with Crippen molar-refractivity contribution in [1.29, 1.82) is 0 Å². The van der Waals surface area contributed by atoms with E-state index >= 15 is 0 Å². The van der Waals surface area contributed by atoms with Gasteiger partial charge in [-0.1, -0.05) is 0 Å². The molecule has 0 amide bonds. The molecule has 0 aromatic heterocycles. The lowest BCUT2D eigenvalue weighted by Gasteiger charge is -2.30. The number of aliphatic hydroxyl groups is 1. The van der Waals surface area contributed by atoms with Crippen LogP contribution in [0.25, 0.3) is 0 Å². The summed E-state index contributed by atoms with van der Waals surface area (Å²) in [5.74, 6) is -1.05. The fourth-order valence-corrected chi connectivity index (χ4v) is 2.04. The second-order valence-corrected chi connectivity index (χ2v) is 4.59. The minimum absolute atomic E-state index is 0.264. The van der Waals surface area contributed by atoms with Crippen molar-refractivity contribution in [3.8, 4) is 0 Å². The van der Waals surface area contributed by atoms with Crippen molar-refractivity contribution in [3.05, 3.63) is 11.1 Å². The summed E-state index contributed by atoms with van der Waals surface area (Å²) in [4.78, 5) is 25.3. The first-order valence-corrected chi connectivity index (χ1v) is 6.26. The predicted octanol–water partition coefficient (Wildman–Crippen LogP) is 0.106. The van der Waals surface area contributed by atoms with Gasteiger partial charge >= 0.3 is 11.9 Å². The molecule has 0 radical (unpaired) electrons. The molecular weight excluding hydrogens is 250 g/mol. The van der Waals surface area contributed by atoms with Gasteiger partial charge in [0.1, 0.15) is 0 Å². The summed E-state index contributed by atoms with van der Waals surface area (Å²) in [6, 6.07) is 0. The lowest BCUT2D eigenvalue weighted by Crippen LogP contribution is -2.38. The Morgan fingerprint density at radius 3 is 2.16 bits per heavy atom. The molecule has 0 spiro atoms. The number of piperidine rings is 1. The Morgan fingerprint density at radius 1 is 1.16 bits per heavy atom. The number of aliphatic hydroxyl groups excluding tert-OH is 1. The molecule has 1 saturated heterocycles. The highest BCUT2D eigenvalue weighted by Crippen LogP contribution is 2.15. The summed E-state index contributed by atoms with van der Waals surface area (Å²) in [6.45, 7) is 3.27. The highest BCUT2D eigenvalue weighted by molar-refractivity contribution is 6.00. The Labute approximate surface area is 113 Å². The SMILES string of the molecule is COC(=O)C(C)=C(CN1CCC(O)CC1)C(=O)OC. The molecule has 1 fully saturated rings. The third-order valence-electron chi connectivity index (χ3n) is 3.31. The number of carbonyl (C=O) groups is 2. The second-order valence-electron chi connectivity index (χ2n) is 4.59. The van der Waals surface area contributed by atoms with Crippen LogP contribution in [-0.4, -0.2) is 61.9 Å². The molecule has 1 aliphatic rings. The molecular formula is C13H21NO5. The zero-order chi connectivity index (χ0) is 14.4. The monoisotopic (exact) mass is 271 g/mol. The molecule has 1 heterocycles. The summed E-state index contributed by atoms with van der Waals surface area (Å²) in [6.07, 6.45) is 1.07. The van der Waals surface area contributed by atoms with E-state index in [1.807, 2.05) is 4.90 Å². The maximum atomic E-state index is 11.7. The normalized spacial score (nSPS) is 18.7. The van der Waals surface area contributed by atoms with E-state index in [1.165, 1.54) is 14.2 Å². The summed E-state index contributed by atoms with van der Waals surface area (Å²) >= 11 is 0. The Kier molecular flexibility index (Phi) is 5.98. The van der Waals surface area contributed by atoms with Crippen LogP contribution in [-0.2, 0) is 19.1 Å². The van der Waals surface area contributed by atoms with Gasteiger partial charge in [-0.15, -0.1) is 0 Å². The number of ether oxygens (including phenoxy) is 2. The molecule has 0 atom stereocenters. The molecule has 0 aromatic rings. The van der Waals surface area contributed by atoms with Crippen molar-refractivity contribution in [1.82, 2.24) is 4.90 Å². The van der Waals surface area contributed by atoms with E-state index < -0.39 is 11.9 Å². The van der Waals surface area contributed by atoms with Crippen molar-refractivity contribution < 1.29 is 24.2 Å². The number of hydrogen-bond donors (Lipinski definition) is 1. The summed E-state index contributed by atoms with van der Waals surface area (Å²) in [7, 11) is 2.56. The molecule has 108 valence electrons. The standard InChI is InChI=1S/C13H21NO5/c1-9(12(16)18-2)11(13(17)19-3)8-14-6-4-10(15)5-7-14/h10,15H,4-8H2,1-3H3. The van der Waals surface area contributed by atoms with E-state index in [9.17, 15) is 14.7 Å². The molecule has 1 N–H and O–H groups in total. The van der Waals surface area contributed by atoms with Gasteiger partial charge in [-0.3, -0.25) is 4.90 Å². The predicted molar refractivity (Wildman–Crippen MR) is 68.4 cm³/mol. The van der Waals surface area contributed by atoms with Crippen molar-refractivity contribution in [3.63, 3.8) is 0 Å². The van der Waals surface area contributed by atoms with Crippen LogP contribution < -0.4 is 0 Å². The van der Waals surface area contributed by atoms with Crippen LogP contribution >= 0.6 is 0 Å². The first-order chi connectivity index (χ1) is 8.99. The van der Waals surface area contributed by atoms with Crippen LogP contribution in [0.4, 0.5) is 0 Å². The van der Waals surface area contributed by atoms with Gasteiger partial charge in [-0.25, -0.2) is 9.59 Å². The number of rotatable bonds is 4. The zero-order valence-corrected chi connectivity index (χ0v) is 11.6. The van der Waals surface area contributed by atoms with E-state index in [-0.39, 0.29) is 11.7 Å². The van der Waals surface area contributed by atoms with Gasteiger partial charge in [0.05, 0.1) is 25.9 Å². The van der Waals surface area contributed by atoms with Crippen molar-refractivity contribution >= 4 is 11.9 Å². The van der Waals surface area contributed by atoms with Crippen molar-refractivity contribution in [2.24, 2.45) is 0 Å². The van der Waals surface area contributed by atoms with E-state index in [2.05, 4.69) is 4.74 Å². The first kappa shape index (κ1) is 15.7. The fourth-order valence-electron chi connectivity index (χ4n) is 2.04. The number of nitrogens with zero attached hydrogens (tertiary/aromatic N) is 1. The highest BCUT2D eigenvalue weighted by atomic mass is 16.5. The largest absolute Gasteiger partial charge is 0.466 e. The van der Waals surface area contributed by atoms with E-state index in [0.29, 0.717) is 38.0 Å². The molecule has 0 aliphatic carbocycles. The van der Waals surface area contributed by atoms with Gasteiger partial charge in [0.2, 0.25) is 0 Å². The fraction of sp³-hybridized carbons (Fsp3) is 0.692. The van der Waals surface area contributed by atoms with Crippen LogP contribution in [0.15, 0.2) is 11.1 Å². The average Bonchev–Trinajstić information content (AvgIpc) is 2.44. The minimum Gasteiger partial charge on any atom is -0.466 e. The third-order valence-corrected chi connectivity index (χ3v) is 3.31. The van der Waals surface area contributed by atoms with Gasteiger partial charge in [0.25, 0.3) is 0 Å². The Hall–Kier alpha value is -1.40. The van der Waals surface area contributed by atoms with E-state index in [0.717, 1.165) is 0 Å². The quantitative estimate of drug-likeness (QED) is 0.577. The molecule has 1 aliphatic heterocycles. The first-order valence-electron chi connectivity index (χ1n) is 6.26. The average molecular weight is 271 g/mol. The minimum atomic E-state index is -0.530. The van der Waals surface area contributed by atoms with Gasteiger partial charge in [0, 0.05) is 25.2 Å². The number of carbonyl (C=O) groups excluding carboxylic acids is 2. The maximum Gasteiger partial charge on any atom is 0.335 e. The topological polar surface area (TPSA) is 76.1 Å². The number of methoxy groups -OCH3 is 2. The smallest absolute Gasteiger partial charge is 0.335 e. The molecule has 1 rings (SSSR count). The van der Waals surface area contributed by atoms with Crippen LogP contribution in [0.3, 0.4) is 0 Å². The van der Waals surface area contributed by atoms with Crippen LogP contribution in [0.5, 0.6) is 0 Å². The second kappa shape index (κ2) is 7.25. The summed E-state index contributed by atoms with van der Waals surface area (Å²) in [5, 5.41) is 9.45. The number of esters is 2. The molecule has 0 unspecified atom stereocenters. The Balaban J connectivity index is 2.81. The van der Waals surface area contributed by atoms with E-state index in [4.69, 9.17) is 4.74 Å². The summed E-state index contributed by atoms with van der Waals surface area (Å²) in [5.41, 5.74) is 0.575. The van der Waals surface area contributed by atoms with Gasteiger partial charge in [-0.2, -0.15) is 0 Å². The molecule has 0 saturated carbocycles. The van der Waals surface area contributed by atoms with Crippen LogP contribution in [0.2, 0.25) is 0 Å². The third kappa shape index (κ3) is 4.33. The molecule has 0 aromatic carbocycles. The van der Waals surface area contributed by atoms with Crippen LogP contribution in [0.1, 0.15) is 19.8 Å². The Morgan fingerprint density at radius 2 is 1.68 bits per heavy atom. The molecule has 0 bridgehead atoms. The summed E-state index contributed by atoms with van der Waals surface area (Å²) < 4.78 is 9.34. The van der Waals surface area contributed by atoms with Gasteiger partial charge in [0.15, 0.2) is 0 Å². The number of likely N-dealkylation sites (tertiary alicyclic amines) is 1. The van der Waals surface area contributed by atoms with Gasteiger partial charge in [-0.05, 0) is 19.8 Å². The van der Waals surface area contributed by atoms with Crippen molar-refractivity contribution in [2.75, 3.05) is 33.9 Å². The molecule has 6 heteroatoms. The lowest BCUT2D eigenvalue weighted by molar-refractivity contribution is -0.139. The molecule has 19 heavy (non-hydrogen) atoms. The maximum absolute atomic E-state index is 11.7. The number of hydrogen-bond acceptors (Lipinski definition) is 6. The Bertz CT molecular complexity index is 369. The molecule has 6 nitrogen and oxygen atoms in total. The zero-order valence-electron chi connectivity index (χ0n) is 11.6. The van der Waals surface area contributed by atoms with Crippen LogP contribution in [0, 0.1) is 0 Å². The van der Waals surface area contributed by atoms with Gasteiger partial charge < -0.3 is 14.6 Å². The lowest BCUT2D eigenvalue weighted by atomic mass is 10.0. The van der Waals surface area contributed by atoms with Crippen molar-refractivity contribution in [2.45, 2.75) is 25.9 Å².